The predicted octanol–water partition coefficient (Wildman–Crippen LogP) is 6.22. The van der Waals surface area contributed by atoms with E-state index < -0.39 is 0 Å². The van der Waals surface area contributed by atoms with Crippen LogP contribution in [0.3, 0.4) is 0 Å². The second-order valence-electron chi connectivity index (χ2n) is 8.28. The van der Waals surface area contributed by atoms with Gasteiger partial charge in [-0.25, -0.2) is 0 Å². The average Bonchev–Trinajstić information content (AvgIpc) is 2.94. The second-order valence-corrected chi connectivity index (χ2v) is 8.28. The van der Waals surface area contributed by atoms with E-state index in [0.29, 0.717) is 12.0 Å². The second kappa shape index (κ2) is 7.43. The smallest absolute Gasteiger partial charge is 0.0949 e. The van der Waals surface area contributed by atoms with E-state index >= 15 is 0 Å². The summed E-state index contributed by atoms with van der Waals surface area (Å²) in [5.74, 6) is 0.660. The van der Waals surface area contributed by atoms with Crippen molar-refractivity contribution in [3.8, 4) is 0 Å². The summed E-state index contributed by atoms with van der Waals surface area (Å²) in [6.45, 7) is 4.16. The maximum atomic E-state index is 9.21. The molecule has 1 aromatic carbocycles. The molecule has 2 nitrogen and oxygen atoms in total. The van der Waals surface area contributed by atoms with E-state index in [9.17, 15) is 1.37 Å². The first kappa shape index (κ1) is 15.8. The van der Waals surface area contributed by atoms with Crippen LogP contribution in [0.2, 0.25) is 0 Å². The highest BCUT2D eigenvalue weighted by Gasteiger charge is 2.36. The maximum absolute atomic E-state index is 9.21. The molecule has 25 heavy (non-hydrogen) atoms. The third kappa shape index (κ3) is 3.32. The van der Waals surface area contributed by atoms with Crippen LogP contribution in [0.25, 0.3) is 0 Å². The van der Waals surface area contributed by atoms with E-state index in [-0.39, 0.29) is 6.64 Å². The lowest BCUT2D eigenvalue weighted by Crippen LogP contribution is -2.39. The molecule has 0 radical (unpaired) electrons. The van der Waals surface area contributed by atoms with Crippen LogP contribution in [0, 0.1) is 12.8 Å². The minimum absolute atomic E-state index is 0.295. The van der Waals surface area contributed by atoms with Gasteiger partial charge in [-0.1, -0.05) is 56.7 Å². The number of para-hydroxylation sites is 1. The van der Waals surface area contributed by atoms with Crippen LogP contribution in [0.15, 0.2) is 35.7 Å². The molecule has 1 aliphatic heterocycles. The minimum Gasteiger partial charge on any atom is -0.352 e. The van der Waals surface area contributed by atoms with E-state index in [1.54, 1.807) is 0 Å². The Labute approximate surface area is 155 Å². The Kier molecular flexibility index (Phi) is 4.69. The quantitative estimate of drug-likeness (QED) is 0.645. The molecule has 0 aromatic heterocycles. The van der Waals surface area contributed by atoms with E-state index in [1.807, 2.05) is 0 Å². The number of nitrogens with zero attached hydrogens (tertiary/aromatic N) is 2. The van der Waals surface area contributed by atoms with Gasteiger partial charge >= 0.3 is 0 Å². The zero-order valence-corrected chi connectivity index (χ0v) is 16.0. The number of benzene rings is 1. The van der Waals surface area contributed by atoms with Crippen molar-refractivity contribution in [2.24, 2.45) is 5.92 Å². The third-order valence-electron chi connectivity index (χ3n) is 6.59. The van der Waals surface area contributed by atoms with Gasteiger partial charge < -0.3 is 9.80 Å². The molecule has 136 valence electrons. The molecule has 2 heteroatoms. The van der Waals surface area contributed by atoms with Gasteiger partial charge in [0, 0.05) is 29.0 Å². The first-order chi connectivity index (χ1) is 12.7. The largest absolute Gasteiger partial charge is 0.352 e. The summed E-state index contributed by atoms with van der Waals surface area (Å²) in [5.41, 5.74) is 5.35. The highest BCUT2D eigenvalue weighted by Crippen LogP contribution is 2.42. The van der Waals surface area contributed by atoms with Crippen LogP contribution in [0.5, 0.6) is 0 Å². The first-order valence-corrected chi connectivity index (χ1v) is 10.4. The fraction of sp³-hybridized carbons (Fsp3) is 0.652. The first-order valence-electron chi connectivity index (χ1n) is 11.0. The summed E-state index contributed by atoms with van der Waals surface area (Å²) < 4.78 is 9.21. The summed E-state index contributed by atoms with van der Waals surface area (Å²) in [7, 11) is 0. The molecule has 0 amide bonds. The van der Waals surface area contributed by atoms with Crippen molar-refractivity contribution < 1.29 is 1.37 Å². The monoisotopic (exact) mass is 339 g/mol. The van der Waals surface area contributed by atoms with Crippen LogP contribution in [0.4, 0.5) is 5.69 Å². The Morgan fingerprint density at radius 2 is 1.52 bits per heavy atom. The van der Waals surface area contributed by atoms with Gasteiger partial charge in [-0.3, -0.25) is 0 Å². The predicted molar refractivity (Wildman–Crippen MR) is 107 cm³/mol. The Morgan fingerprint density at radius 3 is 2.20 bits per heavy atom. The average molecular weight is 340 g/mol. The molecule has 4 rings (SSSR count). The van der Waals surface area contributed by atoms with Crippen LogP contribution in [-0.4, -0.2) is 17.6 Å². The van der Waals surface area contributed by atoms with Crippen molar-refractivity contribution in [1.29, 1.82) is 0 Å². The molecular weight excluding hydrogens is 304 g/mol. The number of rotatable bonds is 3. The van der Waals surface area contributed by atoms with Crippen LogP contribution in [-0.2, 0) is 0 Å². The molecule has 1 atom stereocenters. The molecule has 0 saturated heterocycles. The summed E-state index contributed by atoms with van der Waals surface area (Å²) in [4.78, 5) is 4.85. The molecule has 2 saturated carbocycles. The van der Waals surface area contributed by atoms with Crippen molar-refractivity contribution in [2.45, 2.75) is 84.1 Å². The van der Waals surface area contributed by atoms with Gasteiger partial charge in [0.1, 0.15) is 0 Å². The van der Waals surface area contributed by atoms with Gasteiger partial charge in [0.2, 0.25) is 0 Å². The number of anilines is 1. The lowest BCUT2D eigenvalue weighted by atomic mass is 9.84. The van der Waals surface area contributed by atoms with Gasteiger partial charge in [0.25, 0.3) is 0 Å². The summed E-state index contributed by atoms with van der Waals surface area (Å²) in [5, 5.41) is 0. The molecule has 0 bridgehead atoms. The molecule has 3 aliphatic rings. The molecule has 1 heterocycles. The van der Waals surface area contributed by atoms with E-state index in [0.717, 1.165) is 0 Å². The molecule has 0 spiro atoms. The van der Waals surface area contributed by atoms with E-state index in [1.165, 1.54) is 86.9 Å². The van der Waals surface area contributed by atoms with E-state index in [4.69, 9.17) is 0 Å². The molecule has 0 N–H and O–H groups in total. The lowest BCUT2D eigenvalue weighted by Gasteiger charge is -2.38. The van der Waals surface area contributed by atoms with Crippen LogP contribution >= 0.6 is 0 Å². The van der Waals surface area contributed by atoms with Crippen molar-refractivity contribution in [3.63, 3.8) is 0 Å². The summed E-state index contributed by atoms with van der Waals surface area (Å²) in [6, 6.07) is 9.16. The fourth-order valence-electron chi connectivity index (χ4n) is 5.19. The SMILES string of the molecule is [2H]C1N(c2ccccc2C)C(C)=C(C2CCCCC2)N1C1CCCCC1. The maximum Gasteiger partial charge on any atom is 0.0949 e. The highest BCUT2D eigenvalue weighted by molar-refractivity contribution is 5.59. The van der Waals surface area contributed by atoms with Gasteiger partial charge in [-0.2, -0.15) is 0 Å². The van der Waals surface area contributed by atoms with Crippen LogP contribution in [0.1, 0.15) is 78.1 Å². The van der Waals surface area contributed by atoms with Gasteiger partial charge in [0.15, 0.2) is 0 Å². The normalized spacial score (nSPS) is 27.1. The van der Waals surface area contributed by atoms with Crippen molar-refractivity contribution in [1.82, 2.24) is 4.90 Å². The topological polar surface area (TPSA) is 6.48 Å². The Balaban J connectivity index is 1.73. The van der Waals surface area contributed by atoms with Crippen molar-refractivity contribution in [2.75, 3.05) is 11.5 Å². The summed E-state index contributed by atoms with van der Waals surface area (Å²) >= 11 is 0. The lowest BCUT2D eigenvalue weighted by molar-refractivity contribution is 0.186. The van der Waals surface area contributed by atoms with Crippen molar-refractivity contribution >= 4 is 5.69 Å². The van der Waals surface area contributed by atoms with Gasteiger partial charge in [-0.15, -0.1) is 0 Å². The van der Waals surface area contributed by atoms with Gasteiger partial charge in [-0.05, 0) is 51.2 Å². The van der Waals surface area contributed by atoms with Crippen molar-refractivity contribution in [3.05, 3.63) is 41.2 Å². The van der Waals surface area contributed by atoms with Gasteiger partial charge in [0.05, 0.1) is 8.02 Å². The molecule has 2 aliphatic carbocycles. The number of allylic oxidation sites excluding steroid dienone is 2. The van der Waals surface area contributed by atoms with E-state index in [2.05, 4.69) is 47.9 Å². The van der Waals surface area contributed by atoms with Crippen LogP contribution < -0.4 is 4.90 Å². The number of hydrogen-bond acceptors (Lipinski definition) is 2. The molecule has 2 fully saturated rings. The zero-order chi connectivity index (χ0) is 18.1. The number of aryl methyl sites for hydroxylation is 1. The zero-order valence-electron chi connectivity index (χ0n) is 17.0. The Hall–Kier alpha value is -1.44. The number of hydrogen-bond donors (Lipinski definition) is 0. The minimum atomic E-state index is -0.295. The fourth-order valence-corrected chi connectivity index (χ4v) is 5.19. The highest BCUT2D eigenvalue weighted by atomic mass is 15.4. The Morgan fingerprint density at radius 1 is 0.880 bits per heavy atom. The molecule has 1 unspecified atom stereocenters. The standard InChI is InChI=1S/C23H34N2/c1-18-11-9-10-16-22(18)24-17-25(21-14-7-4-8-15-21)23(19(24)2)20-12-5-3-6-13-20/h9-11,16,20-21H,3-8,12-15,17H2,1-2H3/i17D. The summed E-state index contributed by atoms with van der Waals surface area (Å²) in [6.07, 6.45) is 13.3. The third-order valence-corrected chi connectivity index (χ3v) is 6.59. The molecular formula is C23H34N2. The Bertz CT molecular complexity index is 656. The molecule has 1 aromatic rings.